The molecule has 1 saturated heterocycles. The number of aromatic nitrogens is 2. The number of benzene rings is 1. The Hall–Kier alpha value is -2.14. The summed E-state index contributed by atoms with van der Waals surface area (Å²) in [5.74, 6) is 0.570. The number of nitrogens with one attached hydrogen (secondary N) is 1. The van der Waals surface area contributed by atoms with Crippen LogP contribution in [-0.2, 0) is 17.6 Å². The third-order valence-electron chi connectivity index (χ3n) is 6.17. The van der Waals surface area contributed by atoms with Gasteiger partial charge in [-0.05, 0) is 55.2 Å². The molecule has 2 aliphatic rings. The quantitative estimate of drug-likeness (QED) is 0.891. The van der Waals surface area contributed by atoms with Crippen LogP contribution >= 0.6 is 0 Å². The van der Waals surface area contributed by atoms with E-state index in [0.717, 1.165) is 62.0 Å². The third kappa shape index (κ3) is 3.28. The molecule has 2 heterocycles. The minimum Gasteiger partial charge on any atom is -0.388 e. The molecule has 1 aliphatic heterocycles. The highest BCUT2D eigenvalue weighted by Gasteiger charge is 2.33. The molecule has 138 valence electrons. The van der Waals surface area contributed by atoms with Gasteiger partial charge in [0.15, 0.2) is 0 Å². The fourth-order valence-corrected chi connectivity index (χ4v) is 4.49. The molecule has 5 nitrogen and oxygen atoms in total. The Balaban J connectivity index is 1.35. The van der Waals surface area contributed by atoms with Crippen molar-refractivity contribution in [3.05, 3.63) is 52.8 Å². The summed E-state index contributed by atoms with van der Waals surface area (Å²) in [6.07, 6.45) is 5.80. The van der Waals surface area contributed by atoms with Gasteiger partial charge < -0.3 is 10.0 Å². The second kappa shape index (κ2) is 7.23. The molecule has 1 amide bonds. The average molecular weight is 353 g/mol. The number of likely N-dealkylation sites (tertiary alicyclic amines) is 1. The topological polar surface area (TPSA) is 69.2 Å². The number of carbonyl (C=O) groups excluding carboxylic acids is 1. The summed E-state index contributed by atoms with van der Waals surface area (Å²) in [6.45, 7) is 3.54. The summed E-state index contributed by atoms with van der Waals surface area (Å²) < 4.78 is 0. The molecule has 5 heteroatoms. The number of aryl methyl sites for hydroxylation is 2. The number of fused-ring (bicyclic) bond motifs is 1. The number of H-pyrrole nitrogens is 1. The predicted molar refractivity (Wildman–Crippen MR) is 99.5 cm³/mol. The number of amides is 1. The minimum atomic E-state index is -0.435. The van der Waals surface area contributed by atoms with Gasteiger partial charge in [0.05, 0.1) is 12.3 Å². The van der Waals surface area contributed by atoms with Crippen molar-refractivity contribution in [2.45, 2.75) is 45.1 Å². The first kappa shape index (κ1) is 17.3. The van der Waals surface area contributed by atoms with Crippen LogP contribution in [0, 0.1) is 18.8 Å². The lowest BCUT2D eigenvalue weighted by Crippen LogP contribution is -2.44. The van der Waals surface area contributed by atoms with Crippen molar-refractivity contribution in [2.24, 2.45) is 11.8 Å². The normalized spacial score (nSPS) is 22.1. The maximum atomic E-state index is 12.9. The summed E-state index contributed by atoms with van der Waals surface area (Å²) in [5.41, 5.74) is 4.54. The van der Waals surface area contributed by atoms with Crippen molar-refractivity contribution in [3.8, 4) is 0 Å². The number of piperidine rings is 1. The van der Waals surface area contributed by atoms with E-state index in [-0.39, 0.29) is 17.7 Å². The number of hydrogen-bond donors (Lipinski definition) is 2. The molecule has 1 aromatic heterocycles. The molecule has 2 N–H and O–H groups in total. The van der Waals surface area contributed by atoms with Gasteiger partial charge in [0.1, 0.15) is 0 Å². The number of rotatable bonds is 3. The molecular formula is C21H27N3O2. The van der Waals surface area contributed by atoms with Gasteiger partial charge in [-0.25, -0.2) is 0 Å². The van der Waals surface area contributed by atoms with Crippen molar-refractivity contribution >= 4 is 5.91 Å². The molecule has 2 atom stereocenters. The number of carbonyl (C=O) groups is 1. The Morgan fingerprint density at radius 1 is 1.27 bits per heavy atom. The van der Waals surface area contributed by atoms with Crippen LogP contribution in [0.25, 0.3) is 0 Å². The zero-order valence-corrected chi connectivity index (χ0v) is 15.3. The summed E-state index contributed by atoms with van der Waals surface area (Å²) in [4.78, 5) is 14.9. The van der Waals surface area contributed by atoms with Crippen molar-refractivity contribution in [3.63, 3.8) is 0 Å². The van der Waals surface area contributed by atoms with E-state index in [9.17, 15) is 9.90 Å². The lowest BCUT2D eigenvalue weighted by molar-refractivity contribution is -0.138. The molecule has 4 rings (SSSR count). The molecule has 1 fully saturated rings. The second-order valence-electron chi connectivity index (χ2n) is 7.78. The van der Waals surface area contributed by atoms with Crippen molar-refractivity contribution in [2.75, 3.05) is 13.1 Å². The zero-order chi connectivity index (χ0) is 18.1. The Morgan fingerprint density at radius 3 is 2.81 bits per heavy atom. The van der Waals surface area contributed by atoms with Crippen LogP contribution in [0.4, 0.5) is 0 Å². The summed E-state index contributed by atoms with van der Waals surface area (Å²) in [6, 6.07) is 8.05. The second-order valence-corrected chi connectivity index (χ2v) is 7.78. The van der Waals surface area contributed by atoms with Crippen LogP contribution in [0.3, 0.4) is 0 Å². The summed E-state index contributed by atoms with van der Waals surface area (Å²) in [5, 5.41) is 17.9. The lowest BCUT2D eigenvalue weighted by atomic mass is 9.84. The van der Waals surface area contributed by atoms with Gasteiger partial charge in [-0.15, -0.1) is 0 Å². The van der Waals surface area contributed by atoms with E-state index in [1.807, 2.05) is 42.3 Å². The third-order valence-corrected chi connectivity index (χ3v) is 6.17. The summed E-state index contributed by atoms with van der Waals surface area (Å²) in [7, 11) is 0. The average Bonchev–Trinajstić information content (AvgIpc) is 3.15. The van der Waals surface area contributed by atoms with Gasteiger partial charge in [0.25, 0.3) is 0 Å². The van der Waals surface area contributed by atoms with E-state index in [2.05, 4.69) is 10.2 Å². The predicted octanol–water partition coefficient (Wildman–Crippen LogP) is 2.80. The maximum absolute atomic E-state index is 12.9. The van der Waals surface area contributed by atoms with Gasteiger partial charge in [-0.3, -0.25) is 9.89 Å². The fourth-order valence-electron chi connectivity index (χ4n) is 4.49. The maximum Gasteiger partial charge on any atom is 0.226 e. The van der Waals surface area contributed by atoms with E-state index in [0.29, 0.717) is 0 Å². The van der Waals surface area contributed by atoms with E-state index >= 15 is 0 Å². The molecule has 0 bridgehead atoms. The highest BCUT2D eigenvalue weighted by Crippen LogP contribution is 2.33. The van der Waals surface area contributed by atoms with Crippen LogP contribution in [0.2, 0.25) is 0 Å². The Kier molecular flexibility index (Phi) is 4.81. The van der Waals surface area contributed by atoms with E-state index < -0.39 is 6.10 Å². The Labute approximate surface area is 154 Å². The molecule has 0 spiro atoms. The summed E-state index contributed by atoms with van der Waals surface area (Å²) >= 11 is 0. The van der Waals surface area contributed by atoms with Crippen LogP contribution in [0.15, 0.2) is 30.5 Å². The van der Waals surface area contributed by atoms with Gasteiger partial charge in [0, 0.05) is 31.1 Å². The van der Waals surface area contributed by atoms with Gasteiger partial charge >= 0.3 is 0 Å². The number of hydrogen-bond acceptors (Lipinski definition) is 3. The van der Waals surface area contributed by atoms with Crippen LogP contribution in [0.5, 0.6) is 0 Å². The molecule has 0 radical (unpaired) electrons. The number of aliphatic hydroxyl groups excluding tert-OH is 1. The number of nitrogens with zero attached hydrogens (tertiary/aromatic N) is 2. The Bertz CT molecular complexity index is 777. The zero-order valence-electron chi connectivity index (χ0n) is 15.3. The smallest absolute Gasteiger partial charge is 0.226 e. The van der Waals surface area contributed by atoms with Gasteiger partial charge in [-0.2, -0.15) is 5.10 Å². The number of aliphatic hydroxyl groups is 1. The standard InChI is InChI=1S/C21H27N3O2/c1-14-4-2-3-5-18(14)20(25)15-8-10-24(11-9-15)21(26)16-6-7-17-13-22-23-19(17)12-16/h2-5,13,15-16,20,25H,6-12H2,1H3,(H,22,23). The molecule has 2 aromatic rings. The van der Waals surface area contributed by atoms with Crippen LogP contribution in [-0.4, -0.2) is 39.2 Å². The molecule has 2 unspecified atom stereocenters. The first-order valence-corrected chi connectivity index (χ1v) is 9.67. The monoisotopic (exact) mass is 353 g/mol. The van der Waals surface area contributed by atoms with Crippen molar-refractivity contribution in [1.29, 1.82) is 0 Å². The highest BCUT2D eigenvalue weighted by molar-refractivity contribution is 5.79. The van der Waals surface area contributed by atoms with E-state index in [4.69, 9.17) is 0 Å². The molecule has 1 aromatic carbocycles. The van der Waals surface area contributed by atoms with Crippen molar-refractivity contribution < 1.29 is 9.90 Å². The van der Waals surface area contributed by atoms with E-state index in [1.165, 1.54) is 5.56 Å². The molecule has 0 saturated carbocycles. The highest BCUT2D eigenvalue weighted by atomic mass is 16.3. The first-order chi connectivity index (χ1) is 12.6. The van der Waals surface area contributed by atoms with Gasteiger partial charge in [-0.1, -0.05) is 24.3 Å². The van der Waals surface area contributed by atoms with Gasteiger partial charge in [0.2, 0.25) is 5.91 Å². The lowest BCUT2D eigenvalue weighted by Gasteiger charge is -2.37. The largest absolute Gasteiger partial charge is 0.388 e. The molecular weight excluding hydrogens is 326 g/mol. The van der Waals surface area contributed by atoms with Crippen molar-refractivity contribution in [1.82, 2.24) is 15.1 Å². The molecule has 26 heavy (non-hydrogen) atoms. The SMILES string of the molecule is Cc1ccccc1C(O)C1CCN(C(=O)C2CCc3cn[nH]c3C2)CC1. The fraction of sp³-hybridized carbons (Fsp3) is 0.524. The van der Waals surface area contributed by atoms with E-state index in [1.54, 1.807) is 0 Å². The minimum absolute atomic E-state index is 0.0702. The first-order valence-electron chi connectivity index (χ1n) is 9.67. The molecule has 1 aliphatic carbocycles. The Morgan fingerprint density at radius 2 is 2.04 bits per heavy atom. The van der Waals surface area contributed by atoms with Crippen LogP contribution < -0.4 is 0 Å². The van der Waals surface area contributed by atoms with Crippen LogP contribution in [0.1, 0.15) is 47.8 Å². The number of aromatic amines is 1.